The number of amides is 1. The summed E-state index contributed by atoms with van der Waals surface area (Å²) in [6.45, 7) is 1.42. The first-order valence-corrected chi connectivity index (χ1v) is 9.11. The Morgan fingerprint density at radius 1 is 1.21 bits per heavy atom. The minimum Gasteiger partial charge on any atom is -0.453 e. The summed E-state index contributed by atoms with van der Waals surface area (Å²) in [5, 5.41) is 0. The van der Waals surface area contributed by atoms with Crippen LogP contribution in [0.2, 0.25) is 0 Å². The van der Waals surface area contributed by atoms with Gasteiger partial charge in [-0.3, -0.25) is 0 Å². The molecule has 0 radical (unpaired) electrons. The number of carbonyl (C=O) groups is 1. The highest BCUT2D eigenvalue weighted by Gasteiger charge is 2.28. The third-order valence-corrected chi connectivity index (χ3v) is 6.12. The molecule has 0 atom stereocenters. The lowest BCUT2D eigenvalue weighted by Gasteiger charge is -2.21. The van der Waals surface area contributed by atoms with Crippen molar-refractivity contribution in [3.8, 4) is 0 Å². The molecule has 2 heterocycles. The molecule has 1 aromatic heterocycles. The Morgan fingerprint density at radius 3 is 2.75 bits per heavy atom. The Kier molecular flexibility index (Phi) is 4.46. The highest BCUT2D eigenvalue weighted by Crippen LogP contribution is 2.22. The normalized spacial score (nSPS) is 17.0. The fourth-order valence-corrected chi connectivity index (χ4v) is 4.36. The molecule has 0 spiro atoms. The molecule has 1 aliphatic heterocycles. The molecule has 130 valence electrons. The van der Waals surface area contributed by atoms with E-state index in [0.29, 0.717) is 31.6 Å². The summed E-state index contributed by atoms with van der Waals surface area (Å²) in [6, 6.07) is 4.95. The summed E-state index contributed by atoms with van der Waals surface area (Å²) in [6.07, 6.45) is 1.80. The molecule has 0 N–H and O–H groups in total. The maximum atomic E-state index is 12.9. The summed E-state index contributed by atoms with van der Waals surface area (Å²) in [4.78, 5) is 17.6. The first-order valence-electron chi connectivity index (χ1n) is 7.67. The first kappa shape index (κ1) is 16.7. The number of rotatable bonds is 2. The van der Waals surface area contributed by atoms with Gasteiger partial charge < -0.3 is 14.2 Å². The van der Waals surface area contributed by atoms with Crippen molar-refractivity contribution in [1.29, 1.82) is 0 Å². The van der Waals surface area contributed by atoms with Crippen LogP contribution in [-0.4, -0.2) is 66.6 Å². The van der Waals surface area contributed by atoms with E-state index in [1.807, 2.05) is 11.6 Å². The summed E-state index contributed by atoms with van der Waals surface area (Å²) < 4.78 is 33.8. The molecule has 9 heteroatoms. The van der Waals surface area contributed by atoms with Crippen LogP contribution in [0.5, 0.6) is 0 Å². The van der Waals surface area contributed by atoms with Crippen molar-refractivity contribution in [2.24, 2.45) is 7.05 Å². The molecule has 1 amide bonds. The van der Waals surface area contributed by atoms with Crippen molar-refractivity contribution in [1.82, 2.24) is 18.8 Å². The van der Waals surface area contributed by atoms with Gasteiger partial charge in [0, 0.05) is 33.2 Å². The van der Waals surface area contributed by atoms with E-state index in [1.165, 1.54) is 16.3 Å². The molecule has 0 bridgehead atoms. The Hall–Kier alpha value is -2.13. The van der Waals surface area contributed by atoms with Crippen molar-refractivity contribution < 1.29 is 17.9 Å². The van der Waals surface area contributed by atoms with Crippen LogP contribution in [0.4, 0.5) is 4.79 Å². The average molecular weight is 352 g/mol. The van der Waals surface area contributed by atoms with Crippen molar-refractivity contribution >= 4 is 27.1 Å². The lowest BCUT2D eigenvalue weighted by Crippen LogP contribution is -2.37. The van der Waals surface area contributed by atoms with Crippen molar-refractivity contribution in [2.45, 2.75) is 11.3 Å². The Morgan fingerprint density at radius 2 is 2.00 bits per heavy atom. The topological polar surface area (TPSA) is 84.7 Å². The minimum absolute atomic E-state index is 0.222. The fourth-order valence-electron chi connectivity index (χ4n) is 2.87. The Bertz CT molecular complexity index is 861. The number of benzene rings is 1. The molecule has 8 nitrogen and oxygen atoms in total. The number of carbonyl (C=O) groups excluding carboxylic acids is 1. The number of nitrogens with zero attached hydrogens (tertiary/aromatic N) is 4. The molecule has 3 rings (SSSR count). The highest BCUT2D eigenvalue weighted by molar-refractivity contribution is 7.89. The quantitative estimate of drug-likeness (QED) is 0.806. The zero-order valence-electron chi connectivity index (χ0n) is 13.7. The van der Waals surface area contributed by atoms with Gasteiger partial charge in [-0.2, -0.15) is 4.31 Å². The van der Waals surface area contributed by atoms with E-state index in [4.69, 9.17) is 4.74 Å². The zero-order chi connectivity index (χ0) is 17.3. The number of fused-ring (bicyclic) bond motifs is 1. The van der Waals surface area contributed by atoms with Gasteiger partial charge >= 0.3 is 6.09 Å². The summed E-state index contributed by atoms with van der Waals surface area (Å²) in [7, 11) is -0.434. The maximum Gasteiger partial charge on any atom is 0.409 e. The molecule has 1 saturated heterocycles. The van der Waals surface area contributed by atoms with Gasteiger partial charge in [-0.25, -0.2) is 18.2 Å². The SMILES string of the molecule is COC(=O)N1CCCN(S(=O)(=O)c2ccc3c(c2)ncn3C)CC1. The number of sulfonamides is 1. The van der Waals surface area contributed by atoms with E-state index >= 15 is 0 Å². The molecular formula is C15H20N4O4S. The largest absolute Gasteiger partial charge is 0.453 e. The smallest absolute Gasteiger partial charge is 0.409 e. The first-order chi connectivity index (χ1) is 11.4. The third kappa shape index (κ3) is 2.96. The van der Waals surface area contributed by atoms with Crippen LogP contribution in [0.15, 0.2) is 29.4 Å². The van der Waals surface area contributed by atoms with Gasteiger partial charge in [0.25, 0.3) is 0 Å². The number of aryl methyl sites for hydroxylation is 1. The maximum absolute atomic E-state index is 12.9. The third-order valence-electron chi connectivity index (χ3n) is 4.22. The summed E-state index contributed by atoms with van der Waals surface area (Å²) in [5.41, 5.74) is 1.52. The fraction of sp³-hybridized carbons (Fsp3) is 0.467. The number of ether oxygens (including phenoxy) is 1. The van der Waals surface area contributed by atoms with E-state index in [-0.39, 0.29) is 11.4 Å². The van der Waals surface area contributed by atoms with E-state index in [2.05, 4.69) is 4.98 Å². The molecular weight excluding hydrogens is 332 g/mol. The second-order valence-electron chi connectivity index (χ2n) is 5.72. The van der Waals surface area contributed by atoms with Crippen molar-refractivity contribution in [3.63, 3.8) is 0 Å². The van der Waals surface area contributed by atoms with Crippen LogP contribution >= 0.6 is 0 Å². The van der Waals surface area contributed by atoms with Gasteiger partial charge in [0.15, 0.2) is 0 Å². The van der Waals surface area contributed by atoms with Crippen LogP contribution in [0, 0.1) is 0 Å². The summed E-state index contributed by atoms with van der Waals surface area (Å²) >= 11 is 0. The van der Waals surface area contributed by atoms with Gasteiger partial charge in [-0.1, -0.05) is 0 Å². The molecule has 0 unspecified atom stereocenters. The predicted molar refractivity (Wildman–Crippen MR) is 88.1 cm³/mol. The second-order valence-corrected chi connectivity index (χ2v) is 7.66. The number of imidazole rings is 1. The van der Waals surface area contributed by atoms with Crippen LogP contribution in [0.3, 0.4) is 0 Å². The standard InChI is InChI=1S/C15H20N4O4S/c1-17-11-16-13-10-12(4-5-14(13)17)24(21,22)19-7-3-6-18(8-9-19)15(20)23-2/h4-5,10-11H,3,6-9H2,1-2H3. The van der Waals surface area contributed by atoms with Gasteiger partial charge in [0.1, 0.15) is 0 Å². The van der Waals surface area contributed by atoms with E-state index < -0.39 is 16.1 Å². The number of methoxy groups -OCH3 is 1. The summed E-state index contributed by atoms with van der Waals surface area (Å²) in [5.74, 6) is 0. The van der Waals surface area contributed by atoms with Crippen LogP contribution in [0.1, 0.15) is 6.42 Å². The van der Waals surface area contributed by atoms with Gasteiger partial charge in [-0.15, -0.1) is 0 Å². The zero-order valence-corrected chi connectivity index (χ0v) is 14.5. The van der Waals surface area contributed by atoms with Crippen molar-refractivity contribution in [2.75, 3.05) is 33.3 Å². The Labute approximate surface area is 140 Å². The van der Waals surface area contributed by atoms with E-state index in [9.17, 15) is 13.2 Å². The van der Waals surface area contributed by atoms with Crippen LogP contribution in [-0.2, 0) is 21.8 Å². The molecule has 1 aliphatic rings. The monoisotopic (exact) mass is 352 g/mol. The molecule has 0 saturated carbocycles. The molecule has 1 aromatic carbocycles. The Balaban J connectivity index is 1.84. The van der Waals surface area contributed by atoms with Crippen molar-refractivity contribution in [3.05, 3.63) is 24.5 Å². The van der Waals surface area contributed by atoms with Crippen LogP contribution in [0.25, 0.3) is 11.0 Å². The second kappa shape index (κ2) is 6.40. The minimum atomic E-state index is -3.62. The number of hydrogen-bond acceptors (Lipinski definition) is 5. The van der Waals surface area contributed by atoms with Crippen LogP contribution < -0.4 is 0 Å². The predicted octanol–water partition coefficient (Wildman–Crippen LogP) is 1.04. The molecule has 0 aliphatic carbocycles. The highest BCUT2D eigenvalue weighted by atomic mass is 32.2. The van der Waals surface area contributed by atoms with Gasteiger partial charge in [0.05, 0.1) is 29.4 Å². The lowest BCUT2D eigenvalue weighted by molar-refractivity contribution is 0.126. The lowest BCUT2D eigenvalue weighted by atomic mass is 10.3. The number of aromatic nitrogens is 2. The van der Waals surface area contributed by atoms with Gasteiger partial charge in [-0.05, 0) is 24.6 Å². The average Bonchev–Trinajstić information content (AvgIpc) is 2.79. The van der Waals surface area contributed by atoms with E-state index in [0.717, 1.165) is 5.52 Å². The molecule has 1 fully saturated rings. The van der Waals surface area contributed by atoms with E-state index in [1.54, 1.807) is 24.5 Å². The number of hydrogen-bond donors (Lipinski definition) is 0. The molecule has 2 aromatic rings. The molecule has 24 heavy (non-hydrogen) atoms. The van der Waals surface area contributed by atoms with Gasteiger partial charge in [0.2, 0.25) is 10.0 Å².